The Balaban J connectivity index is 4.20. The lowest BCUT2D eigenvalue weighted by Gasteiger charge is -2.26. The molecule has 0 aromatic heterocycles. The topological polar surface area (TPSA) is 105 Å². The fourth-order valence-electron chi connectivity index (χ4n) is 7.81. The van der Waals surface area contributed by atoms with Gasteiger partial charge in [-0.15, -0.1) is 0 Å². The first-order chi connectivity index (χ1) is 28.0. The monoisotopic (exact) mass is 846 g/mol. The second-order valence-corrected chi connectivity index (χ2v) is 20.4. The van der Waals surface area contributed by atoms with E-state index in [1.807, 2.05) is 21.1 Å². The highest BCUT2D eigenvalue weighted by Crippen LogP contribution is 2.43. The molecule has 0 aliphatic heterocycles. The third-order valence-corrected chi connectivity index (χ3v) is 12.8. The van der Waals surface area contributed by atoms with Crippen LogP contribution in [0, 0.1) is 0 Å². The second-order valence-electron chi connectivity index (χ2n) is 18.9. The van der Waals surface area contributed by atoms with Crippen LogP contribution in [0.1, 0.15) is 258 Å². The molecule has 8 nitrogen and oxygen atoms in total. The molecule has 0 fully saturated rings. The predicted molar refractivity (Wildman–Crippen MR) is 249 cm³/mol. The Bertz CT molecular complexity index is 916. The number of carbonyl (C=O) groups is 1. The van der Waals surface area contributed by atoms with Crippen LogP contribution in [-0.2, 0) is 18.4 Å². The number of nitrogens with zero attached hydrogens (tertiary/aromatic N) is 1. The summed E-state index contributed by atoms with van der Waals surface area (Å²) in [4.78, 5) is 23.2. The summed E-state index contributed by atoms with van der Waals surface area (Å²) < 4.78 is 23.7. The Morgan fingerprint density at radius 2 is 0.828 bits per heavy atom. The van der Waals surface area contributed by atoms with Gasteiger partial charge in [0.2, 0.25) is 5.91 Å². The van der Waals surface area contributed by atoms with Gasteiger partial charge in [0, 0.05) is 6.42 Å². The Labute approximate surface area is 361 Å². The van der Waals surface area contributed by atoms with Crippen LogP contribution in [-0.4, -0.2) is 73.4 Å². The molecule has 0 spiro atoms. The molecule has 0 aliphatic carbocycles. The smallest absolute Gasteiger partial charge is 0.391 e. The van der Waals surface area contributed by atoms with Crippen molar-refractivity contribution in [1.29, 1.82) is 0 Å². The van der Waals surface area contributed by atoms with E-state index in [0.717, 1.165) is 38.5 Å². The maximum atomic E-state index is 12.9. The van der Waals surface area contributed by atoms with Crippen molar-refractivity contribution in [2.24, 2.45) is 0 Å². The molecular formula is C49H102N2O6P+. The van der Waals surface area contributed by atoms with Crippen LogP contribution in [0.2, 0.25) is 0 Å². The van der Waals surface area contributed by atoms with Crippen molar-refractivity contribution >= 4 is 13.7 Å². The molecule has 3 atom stereocenters. The zero-order valence-corrected chi connectivity index (χ0v) is 40.5. The van der Waals surface area contributed by atoms with Gasteiger partial charge in [-0.3, -0.25) is 13.8 Å². The summed E-state index contributed by atoms with van der Waals surface area (Å²) in [5.74, 6) is -0.138. The maximum Gasteiger partial charge on any atom is 0.472 e. The third-order valence-electron chi connectivity index (χ3n) is 11.9. The average molecular weight is 846 g/mol. The molecule has 348 valence electrons. The molecule has 0 bridgehead atoms. The Morgan fingerprint density at radius 1 is 0.517 bits per heavy atom. The molecule has 0 heterocycles. The molecule has 0 saturated carbocycles. The van der Waals surface area contributed by atoms with Gasteiger partial charge in [0.05, 0.1) is 39.9 Å². The van der Waals surface area contributed by atoms with Gasteiger partial charge in [-0.1, -0.05) is 239 Å². The van der Waals surface area contributed by atoms with E-state index in [0.29, 0.717) is 23.9 Å². The molecule has 0 radical (unpaired) electrons. The van der Waals surface area contributed by atoms with E-state index in [2.05, 4.69) is 19.2 Å². The standard InChI is InChI=1S/C49H101N2O6P/c1-6-8-10-12-14-16-18-20-22-23-24-25-26-27-29-31-33-35-37-39-41-43-49(53)50-47(46-57-58(54,55)56-45-44-51(3,4)5)48(52)42-40-38-36-34-32-30-28-21-19-17-15-13-11-9-7-2/h47-48,52H,6-46H2,1-5H3,(H-,50,53,54,55)/p+1. The third kappa shape index (κ3) is 43.6. The van der Waals surface area contributed by atoms with Crippen LogP contribution in [0.25, 0.3) is 0 Å². The molecule has 3 unspecified atom stereocenters. The zero-order valence-electron chi connectivity index (χ0n) is 39.6. The number of hydrogen-bond acceptors (Lipinski definition) is 5. The number of likely N-dealkylation sites (N-methyl/N-ethyl adjacent to an activating group) is 1. The van der Waals surface area contributed by atoms with Crippen LogP contribution >= 0.6 is 7.82 Å². The van der Waals surface area contributed by atoms with Crippen LogP contribution in [0.15, 0.2) is 0 Å². The van der Waals surface area contributed by atoms with Gasteiger partial charge in [0.1, 0.15) is 13.2 Å². The van der Waals surface area contributed by atoms with Crippen molar-refractivity contribution in [2.75, 3.05) is 40.9 Å². The highest BCUT2D eigenvalue weighted by atomic mass is 31.2. The summed E-state index contributed by atoms with van der Waals surface area (Å²) in [5, 5.41) is 14.0. The van der Waals surface area contributed by atoms with Crippen molar-refractivity contribution in [3.8, 4) is 0 Å². The van der Waals surface area contributed by atoms with Gasteiger partial charge in [0.15, 0.2) is 0 Å². The minimum absolute atomic E-state index is 0.0788. The van der Waals surface area contributed by atoms with Gasteiger partial charge in [-0.05, 0) is 12.8 Å². The number of aliphatic hydroxyl groups excluding tert-OH is 1. The van der Waals surface area contributed by atoms with Crippen LogP contribution in [0.5, 0.6) is 0 Å². The molecule has 0 saturated heterocycles. The summed E-state index contributed by atoms with van der Waals surface area (Å²) in [6.07, 6.45) is 47.0. The minimum atomic E-state index is -4.31. The highest BCUT2D eigenvalue weighted by Gasteiger charge is 2.28. The lowest BCUT2D eigenvalue weighted by atomic mass is 10.0. The fraction of sp³-hybridized carbons (Fsp3) is 0.980. The van der Waals surface area contributed by atoms with E-state index < -0.39 is 20.0 Å². The highest BCUT2D eigenvalue weighted by molar-refractivity contribution is 7.47. The van der Waals surface area contributed by atoms with Gasteiger partial charge >= 0.3 is 7.82 Å². The lowest BCUT2D eigenvalue weighted by Crippen LogP contribution is -2.46. The molecule has 0 rings (SSSR count). The number of amides is 1. The quantitative estimate of drug-likeness (QED) is 0.0320. The molecule has 3 N–H and O–H groups in total. The van der Waals surface area contributed by atoms with Gasteiger partial charge in [-0.2, -0.15) is 0 Å². The van der Waals surface area contributed by atoms with Crippen molar-refractivity contribution in [3.63, 3.8) is 0 Å². The number of quaternary nitrogens is 1. The molecule has 1 amide bonds. The van der Waals surface area contributed by atoms with Crippen LogP contribution in [0.3, 0.4) is 0 Å². The number of nitrogens with one attached hydrogen (secondary N) is 1. The summed E-state index contributed by atoms with van der Waals surface area (Å²) in [5.41, 5.74) is 0. The SMILES string of the molecule is CCCCCCCCCCCCCCCCCCCCCCCC(=O)NC(COP(=O)(O)OCC[N+](C)(C)C)C(O)CCCCCCCCCCCCCCCCC. The van der Waals surface area contributed by atoms with E-state index in [-0.39, 0.29) is 19.1 Å². The van der Waals surface area contributed by atoms with Gasteiger partial charge in [-0.25, -0.2) is 4.57 Å². The largest absolute Gasteiger partial charge is 0.472 e. The minimum Gasteiger partial charge on any atom is -0.391 e. The summed E-state index contributed by atoms with van der Waals surface area (Å²) >= 11 is 0. The van der Waals surface area contributed by atoms with Gasteiger partial charge < -0.3 is 19.8 Å². The predicted octanol–water partition coefficient (Wildman–Crippen LogP) is 14.5. The number of phosphoric ester groups is 1. The first-order valence-electron chi connectivity index (χ1n) is 25.4. The second kappa shape index (κ2) is 41.8. The number of carbonyl (C=O) groups excluding carboxylic acids is 1. The van der Waals surface area contributed by atoms with Crippen molar-refractivity contribution in [1.82, 2.24) is 5.32 Å². The number of hydrogen-bond donors (Lipinski definition) is 3. The first-order valence-corrected chi connectivity index (χ1v) is 26.9. The molecule has 0 aromatic rings. The zero-order chi connectivity index (χ0) is 42.8. The molecular weight excluding hydrogens is 744 g/mol. The lowest BCUT2D eigenvalue weighted by molar-refractivity contribution is -0.870. The Hall–Kier alpha value is -0.500. The van der Waals surface area contributed by atoms with E-state index >= 15 is 0 Å². The molecule has 0 aliphatic rings. The Morgan fingerprint density at radius 3 is 1.16 bits per heavy atom. The number of aliphatic hydroxyl groups is 1. The normalized spacial score (nSPS) is 14.1. The molecule has 58 heavy (non-hydrogen) atoms. The molecule has 9 heteroatoms. The van der Waals surface area contributed by atoms with Crippen LogP contribution in [0.4, 0.5) is 0 Å². The first kappa shape index (κ1) is 57.5. The number of rotatable bonds is 47. The van der Waals surface area contributed by atoms with Crippen molar-refractivity contribution in [3.05, 3.63) is 0 Å². The maximum absolute atomic E-state index is 12.9. The van der Waals surface area contributed by atoms with E-state index in [1.165, 1.54) is 193 Å². The Kier molecular flexibility index (Phi) is 41.5. The van der Waals surface area contributed by atoms with E-state index in [1.54, 1.807) is 0 Å². The van der Waals surface area contributed by atoms with Crippen molar-refractivity contribution in [2.45, 2.75) is 270 Å². The number of phosphoric acid groups is 1. The molecule has 0 aromatic carbocycles. The average Bonchev–Trinajstić information content (AvgIpc) is 3.17. The fourth-order valence-corrected chi connectivity index (χ4v) is 8.55. The van der Waals surface area contributed by atoms with Gasteiger partial charge in [0.25, 0.3) is 0 Å². The summed E-state index contributed by atoms with van der Waals surface area (Å²) in [7, 11) is 1.63. The van der Waals surface area contributed by atoms with Crippen molar-refractivity contribution < 1.29 is 32.9 Å². The summed E-state index contributed by atoms with van der Waals surface area (Å²) in [6, 6.07) is -0.753. The van der Waals surface area contributed by atoms with Crippen LogP contribution < -0.4 is 5.32 Å². The van der Waals surface area contributed by atoms with E-state index in [9.17, 15) is 19.4 Å². The summed E-state index contributed by atoms with van der Waals surface area (Å²) in [6.45, 7) is 4.93. The number of unbranched alkanes of at least 4 members (excludes halogenated alkanes) is 34. The van der Waals surface area contributed by atoms with E-state index in [4.69, 9.17) is 9.05 Å².